The Morgan fingerprint density at radius 1 is 1.29 bits per heavy atom. The van der Waals surface area contributed by atoms with Gasteiger partial charge in [0.2, 0.25) is 0 Å². The first-order chi connectivity index (χ1) is 12.9. The van der Waals surface area contributed by atoms with Crippen LogP contribution in [0.4, 0.5) is 21.9 Å². The fourth-order valence-electron chi connectivity index (χ4n) is 3.03. The molecule has 3 amide bonds. The van der Waals surface area contributed by atoms with E-state index in [1.807, 2.05) is 19.1 Å². The molecule has 4 N–H and O–H groups in total. The number of nitrogens with one attached hydrogen (secondary N) is 2. The van der Waals surface area contributed by atoms with Gasteiger partial charge in [-0.15, -0.1) is 12.4 Å². The van der Waals surface area contributed by atoms with E-state index in [-0.39, 0.29) is 34.9 Å². The van der Waals surface area contributed by atoms with E-state index in [0.717, 1.165) is 17.7 Å². The smallest absolute Gasteiger partial charge is 0.321 e. The van der Waals surface area contributed by atoms with E-state index in [2.05, 4.69) is 10.6 Å². The normalized spacial score (nSPS) is 12.0. The Balaban J connectivity index is 0.00000280. The number of urea groups is 1. The molecule has 28 heavy (non-hydrogen) atoms. The highest BCUT2D eigenvalue weighted by molar-refractivity contribution is 6.33. The van der Waals surface area contributed by atoms with Gasteiger partial charge in [-0.05, 0) is 37.1 Å². The SMILES string of the molecule is CCNC(=O)N1CCc2ccc(NC(=O)c3cc(Cl)c(N)cc3OC)cc21.Cl. The Kier molecular flexibility index (Phi) is 6.99. The maximum atomic E-state index is 12.7. The zero-order chi connectivity index (χ0) is 19.6. The summed E-state index contributed by atoms with van der Waals surface area (Å²) < 4.78 is 5.23. The van der Waals surface area contributed by atoms with Gasteiger partial charge in [-0.2, -0.15) is 0 Å². The Morgan fingerprint density at radius 2 is 2.04 bits per heavy atom. The number of nitrogens with two attached hydrogens (primary N) is 1. The largest absolute Gasteiger partial charge is 0.496 e. The van der Waals surface area contributed by atoms with E-state index in [4.69, 9.17) is 22.1 Å². The maximum absolute atomic E-state index is 12.7. The van der Waals surface area contributed by atoms with Gasteiger partial charge in [-0.3, -0.25) is 9.69 Å². The second kappa shape index (κ2) is 9.03. The summed E-state index contributed by atoms with van der Waals surface area (Å²) in [6.45, 7) is 3.04. The summed E-state index contributed by atoms with van der Waals surface area (Å²) in [6.07, 6.45) is 0.780. The molecular weight excluding hydrogens is 403 g/mol. The van der Waals surface area contributed by atoms with Gasteiger partial charge in [0, 0.05) is 24.8 Å². The maximum Gasteiger partial charge on any atom is 0.321 e. The standard InChI is InChI=1S/C19H21ClN4O3.ClH/c1-3-22-19(26)24-7-6-11-4-5-12(8-16(11)24)23-18(25)13-9-14(20)15(21)10-17(13)27-2;/h4-5,8-10H,3,6-7,21H2,1-2H3,(H,22,26)(H,23,25);1H. The van der Waals surface area contributed by atoms with Crippen LogP contribution < -0.4 is 26.0 Å². The van der Waals surface area contributed by atoms with Crippen LogP contribution in [0, 0.1) is 0 Å². The monoisotopic (exact) mass is 424 g/mol. The van der Waals surface area contributed by atoms with E-state index in [0.29, 0.717) is 30.2 Å². The van der Waals surface area contributed by atoms with Crippen molar-refractivity contribution in [2.75, 3.05) is 36.1 Å². The Morgan fingerprint density at radius 3 is 2.71 bits per heavy atom. The fourth-order valence-corrected chi connectivity index (χ4v) is 3.19. The molecule has 0 bridgehead atoms. The summed E-state index contributed by atoms with van der Waals surface area (Å²) in [5.41, 5.74) is 8.80. The van der Waals surface area contributed by atoms with Gasteiger partial charge in [-0.25, -0.2) is 4.79 Å². The lowest BCUT2D eigenvalue weighted by atomic mass is 10.1. The number of fused-ring (bicyclic) bond motifs is 1. The molecule has 3 rings (SSSR count). The number of amides is 3. The van der Waals surface area contributed by atoms with Gasteiger partial charge in [-0.1, -0.05) is 17.7 Å². The number of rotatable bonds is 4. The zero-order valence-corrected chi connectivity index (χ0v) is 17.1. The third kappa shape index (κ3) is 4.26. The molecule has 0 saturated heterocycles. The van der Waals surface area contributed by atoms with Crippen molar-refractivity contribution in [1.82, 2.24) is 5.32 Å². The van der Waals surface area contributed by atoms with E-state index in [1.165, 1.54) is 19.2 Å². The van der Waals surface area contributed by atoms with Crippen molar-refractivity contribution in [1.29, 1.82) is 0 Å². The minimum Gasteiger partial charge on any atom is -0.496 e. The first-order valence-corrected chi connectivity index (χ1v) is 8.95. The first-order valence-electron chi connectivity index (χ1n) is 8.57. The van der Waals surface area contributed by atoms with Crippen LogP contribution in [0.15, 0.2) is 30.3 Å². The second-order valence-electron chi connectivity index (χ2n) is 6.11. The van der Waals surface area contributed by atoms with Crippen molar-refractivity contribution >= 4 is 53.0 Å². The Bertz CT molecular complexity index is 905. The molecule has 0 saturated carbocycles. The molecule has 2 aromatic rings. The quantitative estimate of drug-likeness (QED) is 0.651. The average molecular weight is 425 g/mol. The van der Waals surface area contributed by atoms with Crippen LogP contribution in [-0.4, -0.2) is 32.1 Å². The van der Waals surface area contributed by atoms with Gasteiger partial charge in [0.1, 0.15) is 5.75 Å². The average Bonchev–Trinajstić information content (AvgIpc) is 3.07. The third-order valence-electron chi connectivity index (χ3n) is 4.38. The van der Waals surface area contributed by atoms with Crippen LogP contribution in [0.25, 0.3) is 0 Å². The Labute approximate surface area is 174 Å². The molecule has 1 heterocycles. The molecule has 0 spiro atoms. The summed E-state index contributed by atoms with van der Waals surface area (Å²) in [5.74, 6) is -0.0456. The molecule has 9 heteroatoms. The number of hydrogen-bond donors (Lipinski definition) is 3. The van der Waals surface area contributed by atoms with Crippen molar-refractivity contribution in [2.45, 2.75) is 13.3 Å². The highest BCUT2D eigenvalue weighted by atomic mass is 35.5. The number of nitrogens with zero attached hydrogens (tertiary/aromatic N) is 1. The number of carbonyl (C=O) groups is 2. The van der Waals surface area contributed by atoms with Crippen LogP contribution >= 0.6 is 24.0 Å². The van der Waals surface area contributed by atoms with E-state index < -0.39 is 0 Å². The number of hydrogen-bond acceptors (Lipinski definition) is 4. The molecule has 0 aromatic heterocycles. The van der Waals surface area contributed by atoms with E-state index >= 15 is 0 Å². The van der Waals surface area contributed by atoms with Crippen molar-refractivity contribution < 1.29 is 14.3 Å². The van der Waals surface area contributed by atoms with Crippen LogP contribution in [0.1, 0.15) is 22.8 Å². The molecule has 0 unspecified atom stereocenters. The number of anilines is 3. The summed E-state index contributed by atoms with van der Waals surface area (Å²) in [4.78, 5) is 26.6. The molecule has 0 radical (unpaired) electrons. The predicted molar refractivity (Wildman–Crippen MR) is 114 cm³/mol. The van der Waals surface area contributed by atoms with Gasteiger partial charge < -0.3 is 21.1 Å². The second-order valence-corrected chi connectivity index (χ2v) is 6.52. The minimum absolute atomic E-state index is 0. The van der Waals surface area contributed by atoms with Gasteiger partial charge in [0.15, 0.2) is 0 Å². The number of halogens is 2. The number of nitrogen functional groups attached to an aromatic ring is 1. The molecule has 2 aromatic carbocycles. The zero-order valence-electron chi connectivity index (χ0n) is 15.5. The first kappa shape index (κ1) is 21.7. The Hall–Kier alpha value is -2.64. The highest BCUT2D eigenvalue weighted by Crippen LogP contribution is 2.32. The van der Waals surface area contributed by atoms with E-state index in [9.17, 15) is 9.59 Å². The number of ether oxygens (including phenoxy) is 1. The molecule has 0 fully saturated rings. The van der Waals surface area contributed by atoms with E-state index in [1.54, 1.807) is 11.0 Å². The third-order valence-corrected chi connectivity index (χ3v) is 4.70. The van der Waals surface area contributed by atoms with Crippen LogP contribution in [0.5, 0.6) is 5.75 Å². The lowest BCUT2D eigenvalue weighted by molar-refractivity contribution is 0.102. The van der Waals surface area contributed by atoms with Crippen molar-refractivity contribution in [3.8, 4) is 5.75 Å². The van der Waals surface area contributed by atoms with Gasteiger partial charge >= 0.3 is 6.03 Å². The molecular formula is C19H22Cl2N4O3. The summed E-state index contributed by atoms with van der Waals surface area (Å²) in [7, 11) is 1.46. The molecule has 150 valence electrons. The topological polar surface area (TPSA) is 96.7 Å². The predicted octanol–water partition coefficient (Wildman–Crippen LogP) is 3.70. The number of benzene rings is 2. The van der Waals surface area contributed by atoms with Crippen molar-refractivity contribution in [2.24, 2.45) is 0 Å². The molecule has 1 aliphatic heterocycles. The van der Waals surface area contributed by atoms with Gasteiger partial charge in [0.25, 0.3) is 5.91 Å². The lowest BCUT2D eigenvalue weighted by Crippen LogP contribution is -2.38. The summed E-state index contributed by atoms with van der Waals surface area (Å²) >= 11 is 6.04. The molecule has 0 aliphatic carbocycles. The summed E-state index contributed by atoms with van der Waals surface area (Å²) in [5, 5.41) is 5.90. The minimum atomic E-state index is -0.378. The molecule has 0 atom stereocenters. The molecule has 1 aliphatic rings. The number of methoxy groups -OCH3 is 1. The summed E-state index contributed by atoms with van der Waals surface area (Å²) in [6, 6.07) is 8.35. The van der Waals surface area contributed by atoms with Crippen LogP contribution in [0.3, 0.4) is 0 Å². The highest BCUT2D eigenvalue weighted by Gasteiger charge is 2.25. The number of carbonyl (C=O) groups excluding carboxylic acids is 2. The van der Waals surface area contributed by atoms with Crippen molar-refractivity contribution in [3.05, 3.63) is 46.5 Å². The van der Waals surface area contributed by atoms with Crippen LogP contribution in [-0.2, 0) is 6.42 Å². The molecule has 7 nitrogen and oxygen atoms in total. The lowest BCUT2D eigenvalue weighted by Gasteiger charge is -2.18. The van der Waals surface area contributed by atoms with Crippen molar-refractivity contribution in [3.63, 3.8) is 0 Å². The van der Waals surface area contributed by atoms with Gasteiger partial charge in [0.05, 0.1) is 29.1 Å². The van der Waals surface area contributed by atoms with Crippen LogP contribution in [0.2, 0.25) is 5.02 Å². The fraction of sp³-hybridized carbons (Fsp3) is 0.263.